The lowest BCUT2D eigenvalue weighted by atomic mass is 10.0. The predicted octanol–water partition coefficient (Wildman–Crippen LogP) is 5.35. The molecule has 0 bridgehead atoms. The Morgan fingerprint density at radius 2 is 1.78 bits per heavy atom. The normalized spacial score (nSPS) is 15.1. The third-order valence-corrected chi connectivity index (χ3v) is 10.1. The van der Waals surface area contributed by atoms with E-state index in [0.29, 0.717) is 66.5 Å². The van der Waals surface area contributed by atoms with Crippen molar-refractivity contribution in [2.75, 3.05) is 63.1 Å². The number of carbonyl (C=O) groups excluding carboxylic acids is 2. The molecule has 6 rings (SSSR count). The van der Waals surface area contributed by atoms with Crippen LogP contribution in [0.5, 0.6) is 11.5 Å². The fraction of sp³-hybridized carbons (Fsp3) is 0.371. The van der Waals surface area contributed by atoms with E-state index >= 15 is 0 Å². The fourth-order valence-electron chi connectivity index (χ4n) is 6.55. The smallest absolute Gasteiger partial charge is 0.390 e. The minimum atomic E-state index is -0.489. The van der Waals surface area contributed by atoms with E-state index in [1.54, 1.807) is 64.3 Å². The van der Waals surface area contributed by atoms with Gasteiger partial charge in [-0.15, -0.1) is 0 Å². The number of likely N-dealkylation sites (tertiary alicyclic amines) is 1. The number of methoxy groups -OCH3 is 2. The Labute approximate surface area is 321 Å². The average molecular weight is 782 g/mol. The summed E-state index contributed by atoms with van der Waals surface area (Å²) < 4.78 is 13.0. The number of anilines is 4. The zero-order valence-corrected chi connectivity index (χ0v) is 31.9. The number of imidazole rings is 1. The molecule has 0 aliphatic carbocycles. The van der Waals surface area contributed by atoms with Crippen molar-refractivity contribution >= 4 is 64.1 Å². The van der Waals surface area contributed by atoms with E-state index in [9.17, 15) is 19.7 Å². The van der Waals surface area contributed by atoms with Crippen molar-refractivity contribution in [1.82, 2.24) is 29.4 Å². The van der Waals surface area contributed by atoms with Gasteiger partial charge >= 0.3 is 11.8 Å². The van der Waals surface area contributed by atoms with Gasteiger partial charge in [-0.05, 0) is 41.0 Å². The van der Waals surface area contributed by atoms with Crippen LogP contribution in [0.25, 0.3) is 0 Å². The van der Waals surface area contributed by atoms with Gasteiger partial charge in [0, 0.05) is 68.2 Å². The van der Waals surface area contributed by atoms with Crippen LogP contribution in [0, 0.1) is 10.1 Å². The zero-order valence-electron chi connectivity index (χ0n) is 30.4. The number of rotatable bonds is 12. The van der Waals surface area contributed by atoms with Gasteiger partial charge < -0.3 is 38.9 Å². The third-order valence-electron chi connectivity index (χ3n) is 9.38. The molecule has 54 heavy (non-hydrogen) atoms. The van der Waals surface area contributed by atoms with Gasteiger partial charge in [0.2, 0.25) is 18.2 Å². The summed E-state index contributed by atoms with van der Waals surface area (Å²) in [5, 5.41) is 14.9. The van der Waals surface area contributed by atoms with Crippen LogP contribution in [0.3, 0.4) is 0 Å². The Kier molecular flexibility index (Phi) is 11.2. The summed E-state index contributed by atoms with van der Waals surface area (Å²) in [7, 11) is 8.50. The van der Waals surface area contributed by atoms with E-state index in [1.165, 1.54) is 31.5 Å². The fourth-order valence-corrected chi connectivity index (χ4v) is 7.26. The average Bonchev–Trinajstić information content (AvgIpc) is 3.51. The molecule has 0 unspecified atom stereocenters. The summed E-state index contributed by atoms with van der Waals surface area (Å²) in [6.07, 6.45) is 10.6. The van der Waals surface area contributed by atoms with Gasteiger partial charge in [0.1, 0.15) is 33.9 Å². The van der Waals surface area contributed by atoms with Crippen molar-refractivity contribution in [3.63, 3.8) is 0 Å². The van der Waals surface area contributed by atoms with Crippen LogP contribution in [0.1, 0.15) is 24.1 Å². The van der Waals surface area contributed by atoms with Crippen molar-refractivity contribution in [3.8, 4) is 11.5 Å². The standard InChI is InChI=1S/C35H40Cl2N11O6/c1-43-21-40-33(47(51)52)25(43)20-48(2,3)16-6-7-28(49)44-14-10-24(11-15-44)46-32-22(18-39-34(42-32)41-23-8-12-38-13-9-23)19-45(35(46)50)31-29(36)26(53-4)17-27(54-5)30(31)37/h6-9,12-13,17-18,21,24H,10-11,14-16,19-20H2,1-5H3,(H,38,39,41,42)/q+1/b7-6+. The van der Waals surface area contributed by atoms with Gasteiger partial charge in [-0.3, -0.25) is 19.6 Å². The lowest BCUT2D eigenvalue weighted by Gasteiger charge is -2.43. The van der Waals surface area contributed by atoms with Crippen molar-refractivity contribution in [2.45, 2.75) is 32.0 Å². The van der Waals surface area contributed by atoms with E-state index in [1.807, 2.05) is 14.1 Å². The molecule has 0 radical (unpaired) electrons. The number of fused-ring (bicyclic) bond motifs is 1. The maximum atomic E-state index is 14.6. The number of pyridine rings is 1. The van der Waals surface area contributed by atoms with E-state index in [2.05, 4.69) is 20.3 Å². The maximum Gasteiger partial charge on any atom is 0.390 e. The molecule has 1 aromatic carbocycles. The molecule has 3 amide bonds. The molecule has 4 aromatic rings. The molecular weight excluding hydrogens is 741 g/mol. The van der Waals surface area contributed by atoms with E-state index in [4.69, 9.17) is 37.7 Å². The first kappa shape index (κ1) is 38.2. The van der Waals surface area contributed by atoms with Gasteiger partial charge in [0.15, 0.2) is 5.69 Å². The quantitative estimate of drug-likeness (QED) is 0.0850. The Balaban J connectivity index is 1.22. The molecule has 2 aliphatic rings. The Morgan fingerprint density at radius 3 is 2.41 bits per heavy atom. The highest BCUT2D eigenvalue weighted by Gasteiger charge is 2.41. The summed E-state index contributed by atoms with van der Waals surface area (Å²) in [5.41, 5.74) is 2.11. The highest BCUT2D eigenvalue weighted by molar-refractivity contribution is 6.42. The largest absolute Gasteiger partial charge is 0.495 e. The zero-order chi connectivity index (χ0) is 38.7. The Bertz CT molecular complexity index is 2060. The number of urea groups is 1. The molecule has 3 aromatic heterocycles. The number of amides is 3. The first-order valence-corrected chi connectivity index (χ1v) is 17.7. The molecule has 284 valence electrons. The summed E-state index contributed by atoms with van der Waals surface area (Å²) >= 11 is 13.6. The van der Waals surface area contributed by atoms with E-state index < -0.39 is 11.0 Å². The molecular formula is C35H40Cl2N11O6+. The second kappa shape index (κ2) is 15.8. The number of ether oxygens (including phenoxy) is 2. The van der Waals surface area contributed by atoms with Crippen LogP contribution in [0.4, 0.5) is 33.8 Å². The van der Waals surface area contributed by atoms with Crippen molar-refractivity contribution in [2.24, 2.45) is 7.05 Å². The number of piperidine rings is 1. The molecule has 1 fully saturated rings. The number of nitrogens with one attached hydrogen (secondary N) is 1. The number of halogens is 2. The molecule has 0 saturated carbocycles. The van der Waals surface area contributed by atoms with Crippen LogP contribution >= 0.6 is 23.2 Å². The van der Waals surface area contributed by atoms with Gasteiger partial charge in [0.05, 0.1) is 47.1 Å². The van der Waals surface area contributed by atoms with Gasteiger partial charge in [-0.25, -0.2) is 9.78 Å². The number of aryl methyl sites for hydroxylation is 1. The lowest BCUT2D eigenvalue weighted by molar-refractivity contribution is -0.898. The van der Waals surface area contributed by atoms with Crippen molar-refractivity contribution < 1.29 is 28.5 Å². The summed E-state index contributed by atoms with van der Waals surface area (Å²) in [6.45, 7) is 1.64. The second-order valence-electron chi connectivity index (χ2n) is 13.5. The Morgan fingerprint density at radius 1 is 1.11 bits per heavy atom. The van der Waals surface area contributed by atoms with Crippen LogP contribution in [-0.4, -0.2) is 105 Å². The highest BCUT2D eigenvalue weighted by Crippen LogP contribution is 2.48. The number of aromatic nitrogens is 5. The molecule has 0 atom stereocenters. The second-order valence-corrected chi connectivity index (χ2v) is 14.3. The Hall–Kier alpha value is -5.52. The van der Waals surface area contributed by atoms with Crippen molar-refractivity contribution in [1.29, 1.82) is 0 Å². The van der Waals surface area contributed by atoms with Gasteiger partial charge in [-0.2, -0.15) is 4.98 Å². The molecule has 19 heteroatoms. The van der Waals surface area contributed by atoms with E-state index in [0.717, 1.165) is 5.69 Å². The molecule has 17 nitrogen and oxygen atoms in total. The van der Waals surface area contributed by atoms with Crippen LogP contribution in [0.2, 0.25) is 10.0 Å². The topological polar surface area (TPSA) is 174 Å². The molecule has 1 N–H and O–H groups in total. The van der Waals surface area contributed by atoms with Gasteiger partial charge in [-0.1, -0.05) is 23.2 Å². The summed E-state index contributed by atoms with van der Waals surface area (Å²) in [6, 6.07) is 4.37. The number of carbonyl (C=O) groups is 2. The minimum Gasteiger partial charge on any atom is -0.495 e. The molecule has 1 saturated heterocycles. The maximum absolute atomic E-state index is 14.6. The third kappa shape index (κ3) is 7.88. The number of nitrogens with zero attached hydrogens (tertiary/aromatic N) is 10. The number of quaternary nitrogens is 1. The minimum absolute atomic E-state index is 0.0703. The number of hydrogen-bond acceptors (Lipinski definition) is 11. The lowest BCUT2D eigenvalue weighted by Crippen LogP contribution is -2.55. The number of likely N-dealkylation sites (N-methyl/N-ethyl adjacent to an activating group) is 1. The van der Waals surface area contributed by atoms with Gasteiger partial charge in [0.25, 0.3) is 0 Å². The van der Waals surface area contributed by atoms with Crippen LogP contribution in [0.15, 0.2) is 55.3 Å². The summed E-state index contributed by atoms with van der Waals surface area (Å²) in [5.74, 6) is 0.954. The summed E-state index contributed by atoms with van der Waals surface area (Å²) in [4.78, 5) is 61.1. The molecule has 2 aliphatic heterocycles. The first-order valence-electron chi connectivity index (χ1n) is 17.0. The number of benzene rings is 1. The monoisotopic (exact) mass is 780 g/mol. The van der Waals surface area contributed by atoms with Crippen LogP contribution < -0.4 is 24.6 Å². The number of nitro groups is 1. The SMILES string of the molecule is COc1cc(OC)c(Cl)c(N2Cc3cnc(Nc4ccncc4)nc3N(C3CCN(C(=O)/C=C/C[N+](C)(C)Cc4c([N+](=O)[O-])ncn4C)CC3)C2=O)c1Cl. The predicted molar refractivity (Wildman–Crippen MR) is 202 cm³/mol. The van der Waals surface area contributed by atoms with Crippen molar-refractivity contribution in [3.05, 3.63) is 86.7 Å². The van der Waals surface area contributed by atoms with E-state index in [-0.39, 0.29) is 51.5 Å². The first-order chi connectivity index (χ1) is 25.8. The number of hydrogen-bond donors (Lipinski definition) is 1. The van der Waals surface area contributed by atoms with Crippen LogP contribution in [-0.2, 0) is 24.9 Å². The highest BCUT2D eigenvalue weighted by atomic mass is 35.5. The molecule has 0 spiro atoms. The molecule has 5 heterocycles.